The first-order chi connectivity index (χ1) is 16.2. The predicted molar refractivity (Wildman–Crippen MR) is 121 cm³/mol. The van der Waals surface area contributed by atoms with Crippen molar-refractivity contribution < 1.29 is 18.0 Å². The highest BCUT2D eigenvalue weighted by Gasteiger charge is 2.47. The maximum atomic E-state index is 13.0. The highest BCUT2D eigenvalue weighted by atomic mass is 19.4. The van der Waals surface area contributed by atoms with E-state index in [-0.39, 0.29) is 30.4 Å². The van der Waals surface area contributed by atoms with Crippen LogP contribution in [0.4, 0.5) is 24.8 Å². The normalized spacial score (nSPS) is 17.7. The lowest BCUT2D eigenvalue weighted by Crippen LogP contribution is -2.32. The Morgan fingerprint density at radius 2 is 1.79 bits per heavy atom. The molecule has 1 atom stereocenters. The number of pyridine rings is 1. The summed E-state index contributed by atoms with van der Waals surface area (Å²) >= 11 is 0. The number of nitrogens with zero attached hydrogens (tertiary/aromatic N) is 4. The zero-order valence-corrected chi connectivity index (χ0v) is 18.2. The summed E-state index contributed by atoms with van der Waals surface area (Å²) in [5.41, 5.74) is 7.58. The van der Waals surface area contributed by atoms with Crippen molar-refractivity contribution in [3.05, 3.63) is 71.7 Å². The van der Waals surface area contributed by atoms with E-state index < -0.39 is 18.0 Å². The maximum Gasteiger partial charge on any atom is 0.389 e. The number of nitrogens with two attached hydrogens (primary N) is 1. The molecule has 3 N–H and O–H groups in total. The number of anilines is 2. The molecule has 1 amide bonds. The van der Waals surface area contributed by atoms with Crippen LogP contribution in [0.1, 0.15) is 36.7 Å². The van der Waals surface area contributed by atoms with E-state index in [1.807, 2.05) is 30.3 Å². The van der Waals surface area contributed by atoms with Gasteiger partial charge in [-0.05, 0) is 31.0 Å². The monoisotopic (exact) mass is 466 g/mol. The number of hydrogen-bond donors (Lipinski definition) is 2. The third-order valence-corrected chi connectivity index (χ3v) is 6.17. The third kappa shape index (κ3) is 3.55. The molecule has 0 aliphatic carbocycles. The van der Waals surface area contributed by atoms with Gasteiger partial charge in [0.2, 0.25) is 5.91 Å². The van der Waals surface area contributed by atoms with Crippen LogP contribution in [-0.2, 0) is 16.6 Å². The summed E-state index contributed by atoms with van der Waals surface area (Å²) in [5.74, 6) is 0.833. The van der Waals surface area contributed by atoms with Gasteiger partial charge in [0.1, 0.15) is 28.6 Å². The number of alkyl halides is 3. The van der Waals surface area contributed by atoms with E-state index in [1.54, 1.807) is 35.7 Å². The van der Waals surface area contributed by atoms with Crippen molar-refractivity contribution in [1.29, 1.82) is 0 Å². The molecule has 1 unspecified atom stereocenters. The average Bonchev–Trinajstić information content (AvgIpc) is 3.29. The summed E-state index contributed by atoms with van der Waals surface area (Å²) in [4.78, 5) is 26.6. The summed E-state index contributed by atoms with van der Waals surface area (Å²) in [7, 11) is 0. The van der Waals surface area contributed by atoms with Crippen LogP contribution in [0, 0.1) is 0 Å². The minimum absolute atomic E-state index is 0.0877. The molecule has 4 heterocycles. The molecule has 5 rings (SSSR count). The van der Waals surface area contributed by atoms with Crippen LogP contribution in [0.5, 0.6) is 0 Å². The number of rotatable bonds is 5. The number of aromatic nitrogens is 4. The van der Waals surface area contributed by atoms with Crippen molar-refractivity contribution in [1.82, 2.24) is 19.4 Å². The number of aryl methyl sites for hydroxylation is 1. The Bertz CT molecular complexity index is 1400. The molecule has 1 aliphatic rings. The van der Waals surface area contributed by atoms with Gasteiger partial charge < -0.3 is 15.5 Å². The molecule has 0 fully saturated rings. The SMILES string of the molecule is CC1(c2ccccc2)C(=O)Nc2nc(-c3nc(CCCC(F)(F)F)n4ccccc34)nc(N)c21. The van der Waals surface area contributed by atoms with Crippen molar-refractivity contribution >= 4 is 23.1 Å². The van der Waals surface area contributed by atoms with E-state index in [1.165, 1.54) is 0 Å². The van der Waals surface area contributed by atoms with E-state index >= 15 is 0 Å². The van der Waals surface area contributed by atoms with E-state index in [4.69, 9.17) is 5.73 Å². The number of fused-ring (bicyclic) bond motifs is 2. The fourth-order valence-corrected chi connectivity index (χ4v) is 4.45. The number of carbonyl (C=O) groups is 1. The van der Waals surface area contributed by atoms with Gasteiger partial charge in [0, 0.05) is 19.0 Å². The first-order valence-corrected chi connectivity index (χ1v) is 10.8. The Morgan fingerprint density at radius 3 is 2.53 bits per heavy atom. The van der Waals surface area contributed by atoms with Crippen LogP contribution in [0.3, 0.4) is 0 Å². The van der Waals surface area contributed by atoms with E-state index in [0.29, 0.717) is 28.4 Å². The molecule has 174 valence electrons. The Balaban J connectivity index is 1.58. The Morgan fingerprint density at radius 1 is 1.06 bits per heavy atom. The van der Waals surface area contributed by atoms with E-state index in [0.717, 1.165) is 5.56 Å². The van der Waals surface area contributed by atoms with Gasteiger partial charge in [0.15, 0.2) is 5.82 Å². The summed E-state index contributed by atoms with van der Waals surface area (Å²) in [6, 6.07) is 14.6. The van der Waals surface area contributed by atoms with Crippen molar-refractivity contribution in [3.8, 4) is 11.5 Å². The third-order valence-electron chi connectivity index (χ3n) is 6.17. The number of benzene rings is 1. The molecule has 34 heavy (non-hydrogen) atoms. The second-order valence-corrected chi connectivity index (χ2v) is 8.40. The number of amides is 1. The van der Waals surface area contributed by atoms with Crippen LogP contribution in [-0.4, -0.2) is 31.4 Å². The second kappa shape index (κ2) is 7.82. The zero-order chi connectivity index (χ0) is 24.1. The Labute approximate surface area is 192 Å². The largest absolute Gasteiger partial charge is 0.389 e. The number of halogens is 3. The van der Waals surface area contributed by atoms with Crippen LogP contribution < -0.4 is 11.1 Å². The standard InChI is InChI=1S/C24H21F3N6O/c1-23(14-8-3-2-4-9-14)17-19(28)30-21(31-20(17)32-22(23)34)18-15-10-5-6-13-33(15)16(29-18)11-7-12-24(25,26)27/h2-6,8-10,13H,7,11-12H2,1H3,(H3,28,30,31,32,34). The van der Waals surface area contributed by atoms with Gasteiger partial charge in [-0.15, -0.1) is 0 Å². The Kier molecular flexibility index (Phi) is 5.03. The molecular formula is C24H21F3N6O. The lowest BCUT2D eigenvalue weighted by molar-refractivity contribution is -0.135. The summed E-state index contributed by atoms with van der Waals surface area (Å²) in [6.45, 7) is 1.77. The molecular weight excluding hydrogens is 445 g/mol. The number of carbonyl (C=O) groups excluding carboxylic acids is 1. The van der Waals surface area contributed by atoms with Gasteiger partial charge in [0.05, 0.1) is 11.1 Å². The van der Waals surface area contributed by atoms with Crippen molar-refractivity contribution in [2.75, 3.05) is 11.1 Å². The van der Waals surface area contributed by atoms with Crippen molar-refractivity contribution in [2.24, 2.45) is 0 Å². The number of nitrogens with one attached hydrogen (secondary N) is 1. The van der Waals surface area contributed by atoms with Crippen molar-refractivity contribution in [3.63, 3.8) is 0 Å². The van der Waals surface area contributed by atoms with Crippen LogP contribution in [0.25, 0.3) is 17.0 Å². The molecule has 7 nitrogen and oxygen atoms in total. The topological polar surface area (TPSA) is 98.2 Å². The molecule has 0 bridgehead atoms. The Hall–Kier alpha value is -3.95. The quantitative estimate of drug-likeness (QED) is 0.451. The summed E-state index contributed by atoms with van der Waals surface area (Å²) < 4.78 is 39.6. The van der Waals surface area contributed by atoms with Gasteiger partial charge in [0.25, 0.3) is 0 Å². The zero-order valence-electron chi connectivity index (χ0n) is 18.2. The molecule has 1 aliphatic heterocycles. The lowest BCUT2D eigenvalue weighted by Gasteiger charge is -2.23. The molecule has 0 saturated heterocycles. The second-order valence-electron chi connectivity index (χ2n) is 8.40. The molecule has 0 radical (unpaired) electrons. The predicted octanol–water partition coefficient (Wildman–Crippen LogP) is 4.52. The first kappa shape index (κ1) is 21.9. The highest BCUT2D eigenvalue weighted by molar-refractivity contribution is 6.09. The van der Waals surface area contributed by atoms with E-state index in [2.05, 4.69) is 20.3 Å². The molecule has 1 aromatic carbocycles. The van der Waals surface area contributed by atoms with Gasteiger partial charge in [-0.3, -0.25) is 4.79 Å². The number of hydrogen-bond acceptors (Lipinski definition) is 5. The van der Waals surface area contributed by atoms with Crippen molar-refractivity contribution in [2.45, 2.75) is 37.8 Å². The van der Waals surface area contributed by atoms with Crippen LogP contribution in [0.2, 0.25) is 0 Å². The maximum absolute atomic E-state index is 13.0. The van der Waals surface area contributed by atoms with Gasteiger partial charge in [-0.2, -0.15) is 13.2 Å². The smallest absolute Gasteiger partial charge is 0.383 e. The van der Waals surface area contributed by atoms with Crippen LogP contribution in [0.15, 0.2) is 54.7 Å². The fourth-order valence-electron chi connectivity index (χ4n) is 4.45. The number of nitrogen functional groups attached to an aromatic ring is 1. The average molecular weight is 466 g/mol. The number of imidazole rings is 1. The lowest BCUT2D eigenvalue weighted by atomic mass is 9.78. The molecule has 3 aromatic heterocycles. The van der Waals surface area contributed by atoms with Gasteiger partial charge >= 0.3 is 6.18 Å². The molecule has 10 heteroatoms. The fraction of sp³-hybridized carbons (Fsp3) is 0.250. The molecule has 4 aromatic rings. The minimum atomic E-state index is -4.23. The molecule has 0 spiro atoms. The highest BCUT2D eigenvalue weighted by Crippen LogP contribution is 2.45. The van der Waals surface area contributed by atoms with Gasteiger partial charge in [-0.25, -0.2) is 15.0 Å². The summed E-state index contributed by atoms with van der Waals surface area (Å²) in [5, 5.41) is 2.81. The van der Waals surface area contributed by atoms with Crippen LogP contribution >= 0.6 is 0 Å². The minimum Gasteiger partial charge on any atom is -0.383 e. The van der Waals surface area contributed by atoms with Gasteiger partial charge in [-0.1, -0.05) is 36.4 Å². The first-order valence-electron chi connectivity index (χ1n) is 10.8. The summed E-state index contributed by atoms with van der Waals surface area (Å²) in [6.07, 6.45) is -3.34. The molecule has 0 saturated carbocycles. The van der Waals surface area contributed by atoms with E-state index in [9.17, 15) is 18.0 Å².